The molecule has 3 unspecified atom stereocenters. The Balaban J connectivity index is 2.18. The molecule has 9 nitrogen and oxygen atoms in total. The van der Waals surface area contributed by atoms with Crippen LogP contribution in [-0.4, -0.2) is 71.7 Å². The zero-order valence-corrected chi connectivity index (χ0v) is 21.1. The van der Waals surface area contributed by atoms with Crippen LogP contribution >= 0.6 is 0 Å². The van der Waals surface area contributed by atoms with Crippen LogP contribution in [0, 0.1) is 40.9 Å². The fourth-order valence-electron chi connectivity index (χ4n) is 6.54. The Hall–Kier alpha value is -3.26. The van der Waals surface area contributed by atoms with Gasteiger partial charge in [0.15, 0.2) is 5.92 Å². The molecule has 41 heavy (non-hydrogen) atoms. The monoisotopic (exact) mass is 607 g/mol. The van der Waals surface area contributed by atoms with Gasteiger partial charge in [-0.3, -0.25) is 19.2 Å². The maximum atomic E-state index is 13.7. The normalized spacial score (nSPS) is 28.5. The van der Waals surface area contributed by atoms with Crippen LogP contribution in [0.2, 0.25) is 0 Å². The summed E-state index contributed by atoms with van der Waals surface area (Å²) in [7, 11) is 0. The second kappa shape index (κ2) is 11.2. The number of nitrogens with one attached hydrogen (secondary N) is 2. The summed E-state index contributed by atoms with van der Waals surface area (Å²) in [6, 6.07) is -2.17. The first-order valence-corrected chi connectivity index (χ1v) is 12.6. The van der Waals surface area contributed by atoms with Crippen molar-refractivity contribution in [2.24, 2.45) is 35.3 Å². The predicted octanol–water partition coefficient (Wildman–Crippen LogP) is 2.31. The minimum Gasteiger partial charge on any atom is -0.368 e. The lowest BCUT2D eigenvalue weighted by Gasteiger charge is -2.45. The molecular formula is C23H26F9N5O4. The number of amides is 4. The smallest absolute Gasteiger partial charge is 0.368 e. The van der Waals surface area contributed by atoms with Crippen LogP contribution in [0.3, 0.4) is 0 Å². The van der Waals surface area contributed by atoms with E-state index in [1.807, 2.05) is 0 Å². The molecule has 0 aromatic rings. The van der Waals surface area contributed by atoms with Crippen molar-refractivity contribution in [3.8, 4) is 6.07 Å². The zero-order chi connectivity index (χ0) is 31.1. The lowest BCUT2D eigenvalue weighted by Crippen LogP contribution is -2.69. The number of halogens is 9. The Bertz CT molecular complexity index is 1090. The van der Waals surface area contributed by atoms with Crippen molar-refractivity contribution in [1.82, 2.24) is 15.5 Å². The van der Waals surface area contributed by atoms with E-state index in [4.69, 9.17) is 5.73 Å². The molecule has 18 heteroatoms. The highest BCUT2D eigenvalue weighted by Gasteiger charge is 2.69. The highest BCUT2D eigenvalue weighted by molar-refractivity contribution is 5.96. The Morgan fingerprint density at radius 3 is 2.15 bits per heavy atom. The number of rotatable bonds is 7. The van der Waals surface area contributed by atoms with E-state index in [2.05, 4.69) is 5.32 Å². The summed E-state index contributed by atoms with van der Waals surface area (Å²) in [5.74, 6) is -16.8. The summed E-state index contributed by atoms with van der Waals surface area (Å²) in [6.45, 7) is -0.415. The highest BCUT2D eigenvalue weighted by Crippen LogP contribution is 2.54. The van der Waals surface area contributed by atoms with Gasteiger partial charge in [-0.2, -0.15) is 44.8 Å². The molecule has 4 amide bonds. The molecule has 3 fully saturated rings. The third-order valence-electron chi connectivity index (χ3n) is 8.20. The van der Waals surface area contributed by atoms with Crippen LogP contribution in [0.1, 0.15) is 38.5 Å². The Kier molecular flexibility index (Phi) is 8.81. The summed E-state index contributed by atoms with van der Waals surface area (Å²) in [5, 5.41) is 13.2. The molecule has 0 spiro atoms. The number of hydrogen-bond acceptors (Lipinski definition) is 5. The van der Waals surface area contributed by atoms with Crippen molar-refractivity contribution in [2.75, 3.05) is 13.1 Å². The fourth-order valence-corrected chi connectivity index (χ4v) is 6.54. The number of alkyl halides is 9. The molecule has 1 aliphatic carbocycles. The molecule has 0 bridgehead atoms. The van der Waals surface area contributed by atoms with Crippen molar-refractivity contribution in [1.29, 1.82) is 5.26 Å². The van der Waals surface area contributed by atoms with Crippen LogP contribution in [0.5, 0.6) is 0 Å². The molecule has 0 aromatic carbocycles. The van der Waals surface area contributed by atoms with Gasteiger partial charge in [-0.25, -0.2) is 0 Å². The van der Waals surface area contributed by atoms with Gasteiger partial charge in [0.25, 0.3) is 0 Å². The molecule has 0 aromatic heterocycles. The van der Waals surface area contributed by atoms with E-state index in [0.29, 0.717) is 24.7 Å². The Labute approximate surface area is 226 Å². The Morgan fingerprint density at radius 2 is 1.66 bits per heavy atom. The summed E-state index contributed by atoms with van der Waals surface area (Å²) in [5.41, 5.74) is 3.09. The molecule has 3 rings (SSSR count). The van der Waals surface area contributed by atoms with E-state index < -0.39 is 96.3 Å². The molecular weight excluding hydrogens is 581 g/mol. The number of carbonyl (C=O) groups is 4. The van der Waals surface area contributed by atoms with E-state index in [9.17, 15) is 64.0 Å². The number of likely N-dealkylation sites (tertiary alicyclic amines) is 1. The first kappa shape index (κ1) is 32.3. The minimum atomic E-state index is -6.38. The number of nitrogens with zero attached hydrogens (tertiary/aromatic N) is 2. The van der Waals surface area contributed by atoms with E-state index in [1.165, 1.54) is 0 Å². The number of piperidine rings is 1. The first-order chi connectivity index (χ1) is 18.8. The number of hydrogen-bond donors (Lipinski definition) is 3. The average Bonchev–Trinajstić information content (AvgIpc) is 3.41. The summed E-state index contributed by atoms with van der Waals surface area (Å²) < 4.78 is 121. The Morgan fingerprint density at radius 1 is 1.05 bits per heavy atom. The van der Waals surface area contributed by atoms with Crippen molar-refractivity contribution >= 4 is 23.6 Å². The zero-order valence-electron chi connectivity index (χ0n) is 21.1. The van der Waals surface area contributed by atoms with Gasteiger partial charge in [0.1, 0.15) is 11.6 Å². The average molecular weight is 607 g/mol. The lowest BCUT2D eigenvalue weighted by atomic mass is 9.68. The largest absolute Gasteiger partial charge is 0.471 e. The van der Waals surface area contributed by atoms with E-state index in [1.54, 1.807) is 6.07 Å². The number of nitriles is 1. The molecule has 4 N–H and O–H groups in total. The molecule has 6 atom stereocenters. The summed E-state index contributed by atoms with van der Waals surface area (Å²) in [4.78, 5) is 51.0. The number of nitrogens with two attached hydrogens (primary N) is 1. The fraction of sp³-hybridized carbons (Fsp3) is 0.783. The van der Waals surface area contributed by atoms with E-state index in [-0.39, 0.29) is 24.2 Å². The topological polar surface area (TPSA) is 145 Å². The second-order valence-electron chi connectivity index (χ2n) is 10.5. The first-order valence-electron chi connectivity index (χ1n) is 12.6. The number of primary amides is 1. The van der Waals surface area contributed by atoms with Gasteiger partial charge < -0.3 is 21.3 Å². The van der Waals surface area contributed by atoms with Gasteiger partial charge >= 0.3 is 24.4 Å². The van der Waals surface area contributed by atoms with Gasteiger partial charge in [0, 0.05) is 19.0 Å². The minimum absolute atomic E-state index is 0.0635. The van der Waals surface area contributed by atoms with Gasteiger partial charge in [-0.05, 0) is 43.9 Å². The molecule has 230 valence electrons. The SMILES string of the molecule is N#C[C@@H](C[C@@H]1CCCNC1=O)C1(C(N)=O)C2CCCC2CN1C(=O)[C@@H](NC(=O)C(F)(F)F)C(C(F)(F)F)C(F)(F)F. The standard InChI is InChI=1S/C23H26F9N5O4/c24-21(25,26)15(22(27,28)29)14(36-19(41)23(30,31)32)17(39)37-9-11-3-1-5-13(11)20(37,18(34)40)12(8-33)7-10-4-2-6-35-16(10)38/h10-15H,1-7,9H2,(H2,34,40)(H,35,38)(H,36,41)/t10-,11?,12+,13?,14-,20?/m0/s1. The highest BCUT2D eigenvalue weighted by atomic mass is 19.4. The maximum absolute atomic E-state index is 13.7. The van der Waals surface area contributed by atoms with Crippen LogP contribution in [0.4, 0.5) is 39.5 Å². The van der Waals surface area contributed by atoms with Crippen molar-refractivity contribution in [3.63, 3.8) is 0 Å². The lowest BCUT2D eigenvalue weighted by molar-refractivity contribution is -0.291. The van der Waals surface area contributed by atoms with E-state index >= 15 is 0 Å². The molecule has 2 aliphatic heterocycles. The second-order valence-corrected chi connectivity index (χ2v) is 10.5. The molecule has 3 aliphatic rings. The van der Waals surface area contributed by atoms with Gasteiger partial charge in [0.2, 0.25) is 17.7 Å². The van der Waals surface area contributed by atoms with Gasteiger partial charge in [-0.1, -0.05) is 6.42 Å². The van der Waals surface area contributed by atoms with Crippen LogP contribution < -0.4 is 16.4 Å². The van der Waals surface area contributed by atoms with Crippen LogP contribution in [0.15, 0.2) is 0 Å². The maximum Gasteiger partial charge on any atom is 0.471 e. The van der Waals surface area contributed by atoms with Gasteiger partial charge in [0.05, 0.1) is 12.0 Å². The molecule has 2 saturated heterocycles. The molecule has 1 saturated carbocycles. The molecule has 2 heterocycles. The summed E-state index contributed by atoms with van der Waals surface area (Å²) >= 11 is 0. The third kappa shape index (κ3) is 6.03. The van der Waals surface area contributed by atoms with Gasteiger partial charge in [-0.15, -0.1) is 0 Å². The molecule has 0 radical (unpaired) electrons. The van der Waals surface area contributed by atoms with Crippen molar-refractivity contribution < 1.29 is 58.7 Å². The predicted molar refractivity (Wildman–Crippen MR) is 118 cm³/mol. The third-order valence-corrected chi connectivity index (χ3v) is 8.20. The number of carbonyl (C=O) groups excluding carboxylic acids is 4. The number of fused-ring (bicyclic) bond motifs is 1. The summed E-state index contributed by atoms with van der Waals surface area (Å²) in [6.07, 6.45) is -17.9. The van der Waals surface area contributed by atoms with E-state index in [0.717, 1.165) is 0 Å². The van der Waals surface area contributed by atoms with Crippen molar-refractivity contribution in [2.45, 2.75) is 68.6 Å². The van der Waals surface area contributed by atoms with Crippen LogP contribution in [0.25, 0.3) is 0 Å². The van der Waals surface area contributed by atoms with Crippen molar-refractivity contribution in [3.05, 3.63) is 0 Å². The quantitative estimate of drug-likeness (QED) is 0.381. The van der Waals surface area contributed by atoms with Crippen LogP contribution in [-0.2, 0) is 19.2 Å².